The van der Waals surface area contributed by atoms with E-state index < -0.39 is 0 Å². The average Bonchev–Trinajstić information content (AvgIpc) is 2.75. The zero-order chi connectivity index (χ0) is 11.8. The molecule has 3 nitrogen and oxygen atoms in total. The number of aromatic nitrogens is 1. The summed E-state index contributed by atoms with van der Waals surface area (Å²) in [6, 6.07) is 10.5. The monoisotopic (exact) mass is 229 g/mol. The summed E-state index contributed by atoms with van der Waals surface area (Å²) in [7, 11) is 1.46. The molecule has 1 unspecified atom stereocenters. The Hall–Kier alpha value is -1.77. The van der Waals surface area contributed by atoms with Gasteiger partial charge in [-0.25, -0.2) is 0 Å². The van der Waals surface area contributed by atoms with Crippen molar-refractivity contribution in [3.8, 4) is 0 Å². The average molecular weight is 229 g/mol. The van der Waals surface area contributed by atoms with Crippen molar-refractivity contribution < 1.29 is 9.53 Å². The first kappa shape index (κ1) is 10.4. The standard InChI is InChI=1S/C14H15NO2/c1-17-14(16)11-6-7-12-8-10-4-2-3-5-13(10)15(12)9-11/h2-5,8,11H,6-7,9H2,1H3. The summed E-state index contributed by atoms with van der Waals surface area (Å²) < 4.78 is 7.09. The van der Waals surface area contributed by atoms with Crippen molar-refractivity contribution in [2.45, 2.75) is 19.4 Å². The number of rotatable bonds is 1. The van der Waals surface area contributed by atoms with Crippen LogP contribution in [0.1, 0.15) is 12.1 Å². The minimum Gasteiger partial charge on any atom is -0.469 e. The van der Waals surface area contributed by atoms with E-state index in [0.29, 0.717) is 0 Å². The molecule has 0 amide bonds. The van der Waals surface area contributed by atoms with Gasteiger partial charge in [0.05, 0.1) is 13.0 Å². The van der Waals surface area contributed by atoms with Gasteiger partial charge >= 0.3 is 5.97 Å². The predicted octanol–water partition coefficient (Wildman–Crippen LogP) is 2.38. The fraction of sp³-hybridized carbons (Fsp3) is 0.357. The summed E-state index contributed by atoms with van der Waals surface area (Å²) in [5, 5.41) is 1.26. The number of benzene rings is 1. The Morgan fingerprint density at radius 2 is 2.24 bits per heavy atom. The molecule has 17 heavy (non-hydrogen) atoms. The third kappa shape index (κ3) is 1.62. The van der Waals surface area contributed by atoms with Crippen LogP contribution >= 0.6 is 0 Å². The highest BCUT2D eigenvalue weighted by Crippen LogP contribution is 2.28. The molecule has 1 aliphatic heterocycles. The Labute approximate surface area is 100.0 Å². The van der Waals surface area contributed by atoms with Crippen molar-refractivity contribution in [3.63, 3.8) is 0 Å². The van der Waals surface area contributed by atoms with E-state index in [0.717, 1.165) is 19.4 Å². The summed E-state index contributed by atoms with van der Waals surface area (Å²) in [4.78, 5) is 11.6. The van der Waals surface area contributed by atoms with Crippen LogP contribution in [-0.2, 0) is 22.5 Å². The maximum absolute atomic E-state index is 11.6. The second kappa shape index (κ2) is 3.91. The van der Waals surface area contributed by atoms with Crippen LogP contribution in [0.3, 0.4) is 0 Å². The number of hydrogen-bond acceptors (Lipinski definition) is 2. The number of carbonyl (C=O) groups excluding carboxylic acids is 1. The maximum atomic E-state index is 11.6. The second-order valence-corrected chi connectivity index (χ2v) is 4.56. The van der Waals surface area contributed by atoms with E-state index in [1.807, 2.05) is 12.1 Å². The minimum atomic E-state index is -0.0894. The molecule has 88 valence electrons. The third-order valence-corrected chi connectivity index (χ3v) is 3.58. The van der Waals surface area contributed by atoms with Gasteiger partial charge in [-0.15, -0.1) is 0 Å². The molecule has 0 radical (unpaired) electrons. The molecule has 2 aromatic rings. The largest absolute Gasteiger partial charge is 0.469 e. The first-order valence-electron chi connectivity index (χ1n) is 5.94. The number of nitrogens with zero attached hydrogens (tertiary/aromatic N) is 1. The summed E-state index contributed by atoms with van der Waals surface area (Å²) >= 11 is 0. The van der Waals surface area contributed by atoms with Gasteiger partial charge in [0.2, 0.25) is 0 Å². The number of carbonyl (C=O) groups is 1. The van der Waals surface area contributed by atoms with E-state index in [1.54, 1.807) is 0 Å². The van der Waals surface area contributed by atoms with Crippen molar-refractivity contribution in [2.24, 2.45) is 5.92 Å². The molecule has 0 spiro atoms. The highest BCUT2D eigenvalue weighted by atomic mass is 16.5. The fourth-order valence-electron chi connectivity index (χ4n) is 2.68. The van der Waals surface area contributed by atoms with E-state index in [-0.39, 0.29) is 11.9 Å². The normalized spacial score (nSPS) is 19.0. The van der Waals surface area contributed by atoms with Crippen molar-refractivity contribution in [2.75, 3.05) is 7.11 Å². The lowest BCUT2D eigenvalue weighted by Crippen LogP contribution is -2.27. The molecule has 1 aromatic carbocycles. The molecule has 1 aliphatic rings. The van der Waals surface area contributed by atoms with Crippen molar-refractivity contribution in [3.05, 3.63) is 36.0 Å². The van der Waals surface area contributed by atoms with E-state index in [2.05, 4.69) is 22.8 Å². The first-order valence-corrected chi connectivity index (χ1v) is 5.94. The lowest BCUT2D eigenvalue weighted by atomic mass is 9.98. The smallest absolute Gasteiger partial charge is 0.310 e. The van der Waals surface area contributed by atoms with Crippen LogP contribution < -0.4 is 0 Å². The highest BCUT2D eigenvalue weighted by Gasteiger charge is 2.26. The Morgan fingerprint density at radius 3 is 3.06 bits per heavy atom. The molecule has 1 aromatic heterocycles. The number of ether oxygens (including phenoxy) is 1. The van der Waals surface area contributed by atoms with Gasteiger partial charge in [-0.1, -0.05) is 18.2 Å². The van der Waals surface area contributed by atoms with Crippen LogP contribution in [0.4, 0.5) is 0 Å². The molecule has 0 aliphatic carbocycles. The van der Waals surface area contributed by atoms with Crippen molar-refractivity contribution >= 4 is 16.9 Å². The van der Waals surface area contributed by atoms with E-state index in [9.17, 15) is 4.79 Å². The molecule has 3 rings (SSSR count). The van der Waals surface area contributed by atoms with Gasteiger partial charge in [0, 0.05) is 17.8 Å². The van der Waals surface area contributed by atoms with Crippen LogP contribution in [-0.4, -0.2) is 17.6 Å². The quantitative estimate of drug-likeness (QED) is 0.703. The van der Waals surface area contributed by atoms with Crippen LogP contribution in [0.5, 0.6) is 0 Å². The summed E-state index contributed by atoms with van der Waals surface area (Å²) in [6.07, 6.45) is 1.84. The molecule has 0 saturated carbocycles. The Morgan fingerprint density at radius 1 is 1.41 bits per heavy atom. The van der Waals surface area contributed by atoms with Gasteiger partial charge in [-0.3, -0.25) is 4.79 Å². The lowest BCUT2D eigenvalue weighted by molar-refractivity contribution is -0.146. The van der Waals surface area contributed by atoms with Crippen molar-refractivity contribution in [1.82, 2.24) is 4.57 Å². The zero-order valence-corrected chi connectivity index (χ0v) is 9.85. The number of esters is 1. The molecule has 0 saturated heterocycles. The van der Waals surface area contributed by atoms with E-state index >= 15 is 0 Å². The Bertz CT molecular complexity index is 571. The molecule has 2 heterocycles. The minimum absolute atomic E-state index is 0.00306. The number of para-hydroxylation sites is 1. The number of aryl methyl sites for hydroxylation is 1. The van der Waals surface area contributed by atoms with E-state index in [1.165, 1.54) is 23.7 Å². The lowest BCUT2D eigenvalue weighted by Gasteiger charge is -2.23. The first-order chi connectivity index (χ1) is 8.29. The highest BCUT2D eigenvalue weighted by molar-refractivity contribution is 5.82. The van der Waals surface area contributed by atoms with Gasteiger partial charge in [-0.05, 0) is 30.4 Å². The van der Waals surface area contributed by atoms with Crippen LogP contribution in [0.25, 0.3) is 10.9 Å². The van der Waals surface area contributed by atoms with Gasteiger partial charge in [0.1, 0.15) is 0 Å². The molecular weight excluding hydrogens is 214 g/mol. The zero-order valence-electron chi connectivity index (χ0n) is 9.85. The number of fused-ring (bicyclic) bond motifs is 3. The number of methoxy groups -OCH3 is 1. The SMILES string of the molecule is COC(=O)C1CCc2cc3ccccc3n2C1. The molecule has 0 bridgehead atoms. The van der Waals surface area contributed by atoms with Gasteiger partial charge in [-0.2, -0.15) is 0 Å². The van der Waals surface area contributed by atoms with Crippen LogP contribution in [0.2, 0.25) is 0 Å². The molecule has 1 atom stereocenters. The fourth-order valence-corrected chi connectivity index (χ4v) is 2.68. The van der Waals surface area contributed by atoms with Crippen LogP contribution in [0.15, 0.2) is 30.3 Å². The molecule has 0 N–H and O–H groups in total. The summed E-state index contributed by atoms with van der Waals surface area (Å²) in [5.74, 6) is -0.0864. The summed E-state index contributed by atoms with van der Waals surface area (Å²) in [6.45, 7) is 0.746. The Kier molecular flexibility index (Phi) is 2.39. The molecule has 0 fully saturated rings. The summed E-state index contributed by atoms with van der Waals surface area (Å²) in [5.41, 5.74) is 2.54. The second-order valence-electron chi connectivity index (χ2n) is 4.56. The van der Waals surface area contributed by atoms with Gasteiger partial charge < -0.3 is 9.30 Å². The Balaban J connectivity index is 2.03. The van der Waals surface area contributed by atoms with Gasteiger partial charge in [0.25, 0.3) is 0 Å². The van der Waals surface area contributed by atoms with Crippen molar-refractivity contribution in [1.29, 1.82) is 0 Å². The number of hydrogen-bond donors (Lipinski definition) is 0. The predicted molar refractivity (Wildman–Crippen MR) is 65.8 cm³/mol. The van der Waals surface area contributed by atoms with Crippen LogP contribution in [0, 0.1) is 5.92 Å². The third-order valence-electron chi connectivity index (χ3n) is 3.58. The van der Waals surface area contributed by atoms with Gasteiger partial charge in [0.15, 0.2) is 0 Å². The molecule has 3 heteroatoms. The topological polar surface area (TPSA) is 31.2 Å². The molecular formula is C14H15NO2. The van der Waals surface area contributed by atoms with E-state index in [4.69, 9.17) is 4.74 Å². The maximum Gasteiger partial charge on any atom is 0.310 e.